The van der Waals surface area contributed by atoms with Gasteiger partial charge in [-0.1, -0.05) is 42.5 Å². The first-order chi connectivity index (χ1) is 12.2. The maximum Gasteiger partial charge on any atom is 0.304 e. The van der Waals surface area contributed by atoms with Crippen molar-refractivity contribution in [2.24, 2.45) is 0 Å². The quantitative estimate of drug-likeness (QED) is 0.816. The lowest BCUT2D eigenvalue weighted by Gasteiger charge is -2.32. The zero-order valence-corrected chi connectivity index (χ0v) is 15.0. The molecule has 1 heterocycles. The molecule has 0 saturated carbocycles. The van der Waals surface area contributed by atoms with Crippen LogP contribution in [0, 0.1) is 0 Å². The van der Waals surface area contributed by atoms with Crippen molar-refractivity contribution in [2.45, 2.75) is 18.3 Å². The van der Waals surface area contributed by atoms with Crippen LogP contribution in [0.1, 0.15) is 22.8 Å². The number of aliphatic carboxylic acids is 1. The number of carboxylic acid groups (broad SMARTS) is 1. The highest BCUT2D eigenvalue weighted by molar-refractivity contribution is 7.99. The third-order valence-electron chi connectivity index (χ3n) is 4.29. The monoisotopic (exact) mass is 357 g/mol. The third-order valence-corrected chi connectivity index (χ3v) is 5.53. The third kappa shape index (κ3) is 5.51. The molecular weight excluding hydrogens is 334 g/mol. The van der Waals surface area contributed by atoms with E-state index in [4.69, 9.17) is 9.84 Å². The van der Waals surface area contributed by atoms with Gasteiger partial charge >= 0.3 is 5.97 Å². The molecule has 132 valence electrons. The van der Waals surface area contributed by atoms with Crippen LogP contribution < -0.4 is 4.74 Å². The second kappa shape index (κ2) is 8.92. The van der Waals surface area contributed by atoms with E-state index in [-0.39, 0.29) is 6.42 Å². The molecular formula is C20H23NO3S. The number of carbonyl (C=O) groups is 1. The molecule has 2 aromatic rings. The molecule has 1 atom stereocenters. The molecule has 4 nitrogen and oxygen atoms in total. The summed E-state index contributed by atoms with van der Waals surface area (Å²) in [7, 11) is 0. The summed E-state index contributed by atoms with van der Waals surface area (Å²) >= 11 is 1.94. The van der Waals surface area contributed by atoms with E-state index in [0.717, 1.165) is 30.2 Å². The average Bonchev–Trinajstić information content (AvgIpc) is 2.66. The molecule has 1 fully saturated rings. The Hall–Kier alpha value is -1.98. The standard InChI is InChI=1S/C20H23NO3S/c22-20(23)10-11-21-12-13-25-19(14-21)17-6-8-18(9-7-17)24-15-16-4-2-1-3-5-16/h1-9,19H,10-15H2,(H,22,23)/t19-/m1/s1. The van der Waals surface area contributed by atoms with Gasteiger partial charge in [0.25, 0.3) is 0 Å². The van der Waals surface area contributed by atoms with Gasteiger partial charge < -0.3 is 14.7 Å². The second-order valence-electron chi connectivity index (χ2n) is 6.15. The highest BCUT2D eigenvalue weighted by Gasteiger charge is 2.22. The summed E-state index contributed by atoms with van der Waals surface area (Å²) in [5.74, 6) is 1.18. The summed E-state index contributed by atoms with van der Waals surface area (Å²) in [5, 5.41) is 9.24. The SMILES string of the molecule is O=C(O)CCN1CCS[C@@H](c2ccc(OCc3ccccc3)cc2)C1. The van der Waals surface area contributed by atoms with Crippen LogP contribution in [0.2, 0.25) is 0 Å². The number of nitrogens with zero attached hydrogens (tertiary/aromatic N) is 1. The Morgan fingerprint density at radius 2 is 1.92 bits per heavy atom. The molecule has 5 heteroatoms. The number of benzene rings is 2. The predicted octanol–water partition coefficient (Wildman–Crippen LogP) is 3.83. The molecule has 0 aliphatic carbocycles. The molecule has 2 aromatic carbocycles. The lowest BCUT2D eigenvalue weighted by Crippen LogP contribution is -2.35. The Labute approximate surface area is 152 Å². The van der Waals surface area contributed by atoms with Crippen LogP contribution in [-0.4, -0.2) is 41.4 Å². The fourth-order valence-electron chi connectivity index (χ4n) is 2.88. The molecule has 0 amide bonds. The van der Waals surface area contributed by atoms with Gasteiger partial charge in [0.15, 0.2) is 0 Å². The maximum atomic E-state index is 10.7. The van der Waals surface area contributed by atoms with E-state index in [0.29, 0.717) is 18.4 Å². The minimum Gasteiger partial charge on any atom is -0.489 e. The van der Waals surface area contributed by atoms with Gasteiger partial charge in [0.05, 0.1) is 6.42 Å². The lowest BCUT2D eigenvalue weighted by molar-refractivity contribution is -0.137. The number of carboxylic acids is 1. The highest BCUT2D eigenvalue weighted by atomic mass is 32.2. The Balaban J connectivity index is 1.53. The zero-order valence-electron chi connectivity index (χ0n) is 14.1. The van der Waals surface area contributed by atoms with Crippen molar-refractivity contribution < 1.29 is 14.6 Å². The van der Waals surface area contributed by atoms with Crippen molar-refractivity contribution in [2.75, 3.05) is 25.4 Å². The molecule has 1 N–H and O–H groups in total. The minimum atomic E-state index is -0.727. The maximum absolute atomic E-state index is 10.7. The Bertz CT molecular complexity index is 675. The smallest absolute Gasteiger partial charge is 0.304 e. The van der Waals surface area contributed by atoms with E-state index >= 15 is 0 Å². The lowest BCUT2D eigenvalue weighted by atomic mass is 10.1. The predicted molar refractivity (Wildman–Crippen MR) is 101 cm³/mol. The summed E-state index contributed by atoms with van der Waals surface area (Å²) in [6.07, 6.45) is 0.212. The van der Waals surface area contributed by atoms with Crippen LogP contribution in [-0.2, 0) is 11.4 Å². The topological polar surface area (TPSA) is 49.8 Å². The molecule has 1 aliphatic rings. The van der Waals surface area contributed by atoms with Crippen LogP contribution >= 0.6 is 11.8 Å². The Morgan fingerprint density at radius 3 is 2.64 bits per heavy atom. The van der Waals surface area contributed by atoms with E-state index in [2.05, 4.69) is 29.2 Å². The molecule has 0 radical (unpaired) electrons. The first-order valence-corrected chi connectivity index (χ1v) is 9.58. The summed E-state index contributed by atoms with van der Waals surface area (Å²) in [6, 6.07) is 18.4. The van der Waals surface area contributed by atoms with Crippen molar-refractivity contribution in [1.29, 1.82) is 0 Å². The largest absolute Gasteiger partial charge is 0.489 e. The molecule has 0 bridgehead atoms. The van der Waals surface area contributed by atoms with Gasteiger partial charge in [0.1, 0.15) is 12.4 Å². The van der Waals surface area contributed by atoms with E-state index < -0.39 is 5.97 Å². The number of thioether (sulfide) groups is 1. The highest BCUT2D eigenvalue weighted by Crippen LogP contribution is 2.34. The van der Waals surface area contributed by atoms with Crippen molar-refractivity contribution in [3.8, 4) is 5.75 Å². The molecule has 3 rings (SSSR count). The second-order valence-corrected chi connectivity index (χ2v) is 7.46. The molecule has 0 unspecified atom stereocenters. The Morgan fingerprint density at radius 1 is 1.16 bits per heavy atom. The minimum absolute atomic E-state index is 0.212. The summed E-state index contributed by atoms with van der Waals surface area (Å²) < 4.78 is 5.84. The van der Waals surface area contributed by atoms with Crippen molar-refractivity contribution >= 4 is 17.7 Å². The van der Waals surface area contributed by atoms with Crippen LogP contribution in [0.4, 0.5) is 0 Å². The Kier molecular flexibility index (Phi) is 6.36. The van der Waals surface area contributed by atoms with E-state index in [1.54, 1.807) is 0 Å². The summed E-state index contributed by atoms with van der Waals surface area (Å²) in [6.45, 7) is 3.07. The van der Waals surface area contributed by atoms with Gasteiger partial charge in [-0.15, -0.1) is 0 Å². The number of hydrogen-bond donors (Lipinski definition) is 1. The molecule has 1 saturated heterocycles. The fourth-order valence-corrected chi connectivity index (χ4v) is 4.19. The number of ether oxygens (including phenoxy) is 1. The number of rotatable bonds is 7. The summed E-state index contributed by atoms with van der Waals surface area (Å²) in [4.78, 5) is 13.0. The molecule has 0 spiro atoms. The van der Waals surface area contributed by atoms with E-state index in [1.807, 2.05) is 42.1 Å². The average molecular weight is 357 g/mol. The zero-order chi connectivity index (χ0) is 17.5. The number of hydrogen-bond acceptors (Lipinski definition) is 4. The molecule has 25 heavy (non-hydrogen) atoms. The molecule has 0 aromatic heterocycles. The van der Waals surface area contributed by atoms with Crippen molar-refractivity contribution in [3.63, 3.8) is 0 Å². The van der Waals surface area contributed by atoms with E-state index in [1.165, 1.54) is 5.56 Å². The normalized spacial score (nSPS) is 18.0. The van der Waals surface area contributed by atoms with Gasteiger partial charge in [-0.3, -0.25) is 4.79 Å². The first-order valence-electron chi connectivity index (χ1n) is 8.53. The van der Waals surface area contributed by atoms with E-state index in [9.17, 15) is 4.79 Å². The molecule has 1 aliphatic heterocycles. The van der Waals surface area contributed by atoms with Gasteiger partial charge in [-0.25, -0.2) is 0 Å². The van der Waals surface area contributed by atoms with Crippen molar-refractivity contribution in [1.82, 2.24) is 4.90 Å². The van der Waals surface area contributed by atoms with Crippen molar-refractivity contribution in [3.05, 3.63) is 65.7 Å². The van der Waals surface area contributed by atoms with Crippen LogP contribution in [0.25, 0.3) is 0 Å². The van der Waals surface area contributed by atoms with Crippen LogP contribution in [0.5, 0.6) is 5.75 Å². The van der Waals surface area contributed by atoms with Gasteiger partial charge in [0.2, 0.25) is 0 Å². The van der Waals surface area contributed by atoms with Crippen LogP contribution in [0.15, 0.2) is 54.6 Å². The summed E-state index contributed by atoms with van der Waals surface area (Å²) in [5.41, 5.74) is 2.43. The van der Waals surface area contributed by atoms with Gasteiger partial charge in [0, 0.05) is 30.6 Å². The first kappa shape index (κ1) is 17.8. The van der Waals surface area contributed by atoms with Gasteiger partial charge in [-0.05, 0) is 23.3 Å². The van der Waals surface area contributed by atoms with Gasteiger partial charge in [-0.2, -0.15) is 11.8 Å². The fraction of sp³-hybridized carbons (Fsp3) is 0.350. The van der Waals surface area contributed by atoms with Crippen LogP contribution in [0.3, 0.4) is 0 Å².